The largest absolute Gasteiger partial charge is 0.508 e. The standard InChI is InChI=1S/C19H25N3O2/c1-4-14-7-5-6-8-15(14)12-21-19(20-2)22-13-16-11-17(24-3)9-10-18(16)23/h5-11,23H,4,12-13H2,1-3H3,(H2,20,21,22). The van der Waals surface area contributed by atoms with E-state index in [1.807, 2.05) is 12.1 Å². The Hall–Kier alpha value is -2.69. The van der Waals surface area contributed by atoms with Crippen LogP contribution < -0.4 is 15.4 Å². The second-order valence-corrected chi connectivity index (χ2v) is 5.40. The average molecular weight is 327 g/mol. The van der Waals surface area contributed by atoms with E-state index in [9.17, 15) is 5.11 Å². The highest BCUT2D eigenvalue weighted by Crippen LogP contribution is 2.22. The zero-order valence-electron chi connectivity index (χ0n) is 14.5. The van der Waals surface area contributed by atoms with Gasteiger partial charge in [-0.15, -0.1) is 0 Å². The molecular weight excluding hydrogens is 302 g/mol. The second kappa shape index (κ2) is 8.82. The van der Waals surface area contributed by atoms with Crippen LogP contribution in [0.2, 0.25) is 0 Å². The van der Waals surface area contributed by atoms with Gasteiger partial charge in [-0.1, -0.05) is 31.2 Å². The molecule has 24 heavy (non-hydrogen) atoms. The van der Waals surface area contributed by atoms with Crippen molar-refractivity contribution in [2.24, 2.45) is 4.99 Å². The van der Waals surface area contributed by atoms with Crippen LogP contribution in [0.15, 0.2) is 47.5 Å². The first-order valence-electron chi connectivity index (χ1n) is 8.05. The number of nitrogens with one attached hydrogen (secondary N) is 2. The molecule has 2 aromatic rings. The van der Waals surface area contributed by atoms with Crippen molar-refractivity contribution in [2.75, 3.05) is 14.2 Å². The first-order chi connectivity index (χ1) is 11.7. The predicted octanol–water partition coefficient (Wildman–Crippen LogP) is 2.83. The number of methoxy groups -OCH3 is 1. The van der Waals surface area contributed by atoms with E-state index in [4.69, 9.17) is 4.74 Å². The monoisotopic (exact) mass is 327 g/mol. The van der Waals surface area contributed by atoms with Gasteiger partial charge >= 0.3 is 0 Å². The van der Waals surface area contributed by atoms with Gasteiger partial charge in [-0.3, -0.25) is 4.99 Å². The molecule has 0 aliphatic carbocycles. The van der Waals surface area contributed by atoms with Crippen molar-refractivity contribution in [1.82, 2.24) is 10.6 Å². The summed E-state index contributed by atoms with van der Waals surface area (Å²) < 4.78 is 5.19. The molecule has 0 fully saturated rings. The zero-order chi connectivity index (χ0) is 17.4. The molecular formula is C19H25N3O2. The van der Waals surface area contributed by atoms with Crippen LogP contribution >= 0.6 is 0 Å². The van der Waals surface area contributed by atoms with Crippen LogP contribution in [-0.2, 0) is 19.5 Å². The molecule has 0 heterocycles. The van der Waals surface area contributed by atoms with Gasteiger partial charge in [0, 0.05) is 25.7 Å². The number of nitrogens with zero attached hydrogens (tertiary/aromatic N) is 1. The summed E-state index contributed by atoms with van der Waals surface area (Å²) in [6.07, 6.45) is 1.00. The third-order valence-electron chi connectivity index (χ3n) is 3.90. The molecule has 128 valence electrons. The fraction of sp³-hybridized carbons (Fsp3) is 0.316. The Balaban J connectivity index is 1.96. The summed E-state index contributed by atoms with van der Waals surface area (Å²) in [7, 11) is 3.34. The van der Waals surface area contributed by atoms with Crippen molar-refractivity contribution in [3.8, 4) is 11.5 Å². The number of aryl methyl sites for hydroxylation is 1. The molecule has 0 saturated carbocycles. The molecule has 0 aliphatic rings. The van der Waals surface area contributed by atoms with Crippen molar-refractivity contribution in [3.05, 3.63) is 59.2 Å². The number of phenolic OH excluding ortho intramolecular Hbond substituents is 1. The molecule has 5 nitrogen and oxygen atoms in total. The minimum absolute atomic E-state index is 0.232. The van der Waals surface area contributed by atoms with E-state index in [2.05, 4.69) is 40.7 Å². The fourth-order valence-corrected chi connectivity index (χ4v) is 2.48. The van der Waals surface area contributed by atoms with E-state index < -0.39 is 0 Å². The normalized spacial score (nSPS) is 11.2. The van der Waals surface area contributed by atoms with Crippen LogP contribution in [0.3, 0.4) is 0 Å². The Morgan fingerprint density at radius 3 is 2.33 bits per heavy atom. The highest BCUT2D eigenvalue weighted by molar-refractivity contribution is 5.79. The van der Waals surface area contributed by atoms with Gasteiger partial charge in [0.1, 0.15) is 11.5 Å². The lowest BCUT2D eigenvalue weighted by Crippen LogP contribution is -2.36. The number of ether oxygens (including phenoxy) is 1. The Bertz CT molecular complexity index is 699. The minimum atomic E-state index is 0.232. The van der Waals surface area contributed by atoms with Gasteiger partial charge in [-0.2, -0.15) is 0 Å². The van der Waals surface area contributed by atoms with E-state index in [-0.39, 0.29) is 5.75 Å². The fourth-order valence-electron chi connectivity index (χ4n) is 2.48. The summed E-state index contributed by atoms with van der Waals surface area (Å²) in [5.74, 6) is 1.63. The molecule has 3 N–H and O–H groups in total. The minimum Gasteiger partial charge on any atom is -0.508 e. The number of hydrogen-bond acceptors (Lipinski definition) is 3. The summed E-state index contributed by atoms with van der Waals surface area (Å²) in [5.41, 5.74) is 3.34. The number of benzene rings is 2. The first-order valence-corrected chi connectivity index (χ1v) is 8.05. The van der Waals surface area contributed by atoms with Gasteiger partial charge in [0.2, 0.25) is 0 Å². The molecule has 2 rings (SSSR count). The van der Waals surface area contributed by atoms with Gasteiger partial charge < -0.3 is 20.5 Å². The number of aromatic hydroxyl groups is 1. The van der Waals surface area contributed by atoms with E-state index in [0.29, 0.717) is 24.8 Å². The molecule has 0 radical (unpaired) electrons. The van der Waals surface area contributed by atoms with E-state index in [1.165, 1.54) is 11.1 Å². The van der Waals surface area contributed by atoms with Crippen molar-refractivity contribution in [2.45, 2.75) is 26.4 Å². The molecule has 0 aromatic heterocycles. The predicted molar refractivity (Wildman–Crippen MR) is 97.5 cm³/mol. The maximum atomic E-state index is 9.94. The van der Waals surface area contributed by atoms with E-state index in [1.54, 1.807) is 26.3 Å². The van der Waals surface area contributed by atoms with Crippen molar-refractivity contribution in [1.29, 1.82) is 0 Å². The summed E-state index contributed by atoms with van der Waals surface area (Å²) in [4.78, 5) is 4.23. The van der Waals surface area contributed by atoms with Gasteiger partial charge in [0.05, 0.1) is 7.11 Å². The maximum Gasteiger partial charge on any atom is 0.191 e. The number of phenols is 1. The summed E-state index contributed by atoms with van der Waals surface area (Å²) in [6, 6.07) is 13.5. The smallest absolute Gasteiger partial charge is 0.191 e. The molecule has 0 amide bonds. The Morgan fingerprint density at radius 1 is 1.04 bits per heavy atom. The van der Waals surface area contributed by atoms with Crippen LogP contribution in [0.4, 0.5) is 0 Å². The zero-order valence-corrected chi connectivity index (χ0v) is 14.5. The SMILES string of the molecule is CCc1ccccc1CNC(=NC)NCc1cc(OC)ccc1O. The summed E-state index contributed by atoms with van der Waals surface area (Å²) in [5, 5.41) is 16.5. The molecule has 0 bridgehead atoms. The Labute approximate surface area is 143 Å². The van der Waals surface area contributed by atoms with Crippen molar-refractivity contribution < 1.29 is 9.84 Å². The number of hydrogen-bond donors (Lipinski definition) is 3. The van der Waals surface area contributed by atoms with Crippen molar-refractivity contribution >= 4 is 5.96 Å². The third-order valence-corrected chi connectivity index (χ3v) is 3.90. The lowest BCUT2D eigenvalue weighted by Gasteiger charge is -2.14. The lowest BCUT2D eigenvalue weighted by molar-refractivity contribution is 0.410. The van der Waals surface area contributed by atoms with E-state index in [0.717, 1.165) is 12.0 Å². The van der Waals surface area contributed by atoms with Crippen LogP contribution in [0, 0.1) is 0 Å². The van der Waals surface area contributed by atoms with Gasteiger partial charge in [-0.05, 0) is 35.7 Å². The Morgan fingerprint density at radius 2 is 1.71 bits per heavy atom. The summed E-state index contributed by atoms with van der Waals surface area (Å²) >= 11 is 0. The van der Waals surface area contributed by atoms with Gasteiger partial charge in [0.15, 0.2) is 5.96 Å². The molecule has 0 aliphatic heterocycles. The van der Waals surface area contributed by atoms with Crippen LogP contribution in [0.25, 0.3) is 0 Å². The Kier molecular flexibility index (Phi) is 6.49. The van der Waals surface area contributed by atoms with E-state index >= 15 is 0 Å². The van der Waals surface area contributed by atoms with Gasteiger partial charge in [-0.25, -0.2) is 0 Å². The maximum absolute atomic E-state index is 9.94. The van der Waals surface area contributed by atoms with Crippen LogP contribution in [0.5, 0.6) is 11.5 Å². The molecule has 5 heteroatoms. The number of guanidine groups is 1. The second-order valence-electron chi connectivity index (χ2n) is 5.40. The van der Waals surface area contributed by atoms with Gasteiger partial charge in [0.25, 0.3) is 0 Å². The molecule has 0 unspecified atom stereocenters. The number of aliphatic imine (C=N–C) groups is 1. The van der Waals surface area contributed by atoms with Crippen LogP contribution in [0.1, 0.15) is 23.6 Å². The van der Waals surface area contributed by atoms with Crippen molar-refractivity contribution in [3.63, 3.8) is 0 Å². The highest BCUT2D eigenvalue weighted by Gasteiger charge is 2.06. The lowest BCUT2D eigenvalue weighted by atomic mass is 10.1. The molecule has 0 spiro atoms. The first kappa shape index (κ1) is 17.7. The quantitative estimate of drug-likeness (QED) is 0.564. The topological polar surface area (TPSA) is 65.9 Å². The molecule has 0 saturated heterocycles. The number of rotatable bonds is 6. The highest BCUT2D eigenvalue weighted by atomic mass is 16.5. The third kappa shape index (κ3) is 4.65. The van der Waals surface area contributed by atoms with Crippen LogP contribution in [-0.4, -0.2) is 25.2 Å². The average Bonchev–Trinajstić information content (AvgIpc) is 2.63. The molecule has 0 atom stereocenters. The summed E-state index contributed by atoms with van der Waals surface area (Å²) in [6.45, 7) is 3.31. The molecule has 2 aromatic carbocycles.